The van der Waals surface area contributed by atoms with Crippen LogP contribution in [0.2, 0.25) is 0 Å². The summed E-state index contributed by atoms with van der Waals surface area (Å²) in [4.78, 5) is 27.0. The van der Waals surface area contributed by atoms with Crippen molar-refractivity contribution in [1.29, 1.82) is 0 Å². The number of nitrogens with one attached hydrogen (secondary N) is 2. The van der Waals surface area contributed by atoms with Crippen LogP contribution in [0.25, 0.3) is 0 Å². The molecule has 4 aromatic carbocycles. The smallest absolute Gasteiger partial charge is 0.276 e. The molecule has 0 aliphatic carbocycles. The number of hydrazine groups is 1. The van der Waals surface area contributed by atoms with Gasteiger partial charge in [0.25, 0.3) is 11.8 Å². The van der Waals surface area contributed by atoms with E-state index >= 15 is 0 Å². The zero-order chi connectivity index (χ0) is 26.8. The van der Waals surface area contributed by atoms with Gasteiger partial charge in [0.15, 0.2) is 11.5 Å². The second-order valence-electron chi connectivity index (χ2n) is 9.05. The Morgan fingerprint density at radius 2 is 1.72 bits per heavy atom. The van der Waals surface area contributed by atoms with Crippen LogP contribution in [-0.2, 0) is 6.61 Å². The highest BCUT2D eigenvalue weighted by Gasteiger charge is 2.35. The monoisotopic (exact) mass is 633 g/mol. The first kappa shape index (κ1) is 25.1. The van der Waals surface area contributed by atoms with E-state index < -0.39 is 12.1 Å². The summed E-state index contributed by atoms with van der Waals surface area (Å²) in [6.45, 7) is 1.35. The summed E-state index contributed by atoms with van der Waals surface area (Å²) in [7, 11) is 0. The lowest BCUT2D eigenvalue weighted by Gasteiger charge is -2.38. The number of carbonyl (C=O) groups is 2. The molecule has 0 saturated heterocycles. The Balaban J connectivity index is 1.24. The predicted molar refractivity (Wildman–Crippen MR) is 154 cm³/mol. The quantitative estimate of drug-likeness (QED) is 0.271. The van der Waals surface area contributed by atoms with Crippen LogP contribution in [-0.4, -0.2) is 30.0 Å². The van der Waals surface area contributed by atoms with Crippen molar-refractivity contribution in [2.24, 2.45) is 0 Å². The van der Waals surface area contributed by atoms with Gasteiger partial charge in [-0.25, -0.2) is 5.01 Å². The summed E-state index contributed by atoms with van der Waals surface area (Å²) in [6, 6.07) is 27.8. The molecule has 4 aromatic rings. The molecule has 0 saturated carbocycles. The molecular weight excluding hydrogens is 609 g/mol. The summed E-state index contributed by atoms with van der Waals surface area (Å²) in [5, 5.41) is 4.72. The molecule has 1 atom stereocenters. The number of halogens is 1. The van der Waals surface area contributed by atoms with Gasteiger partial charge in [0.05, 0.1) is 5.56 Å². The molecular formula is C30H24IN3O5. The average Bonchev–Trinajstić information content (AvgIpc) is 2.98. The molecule has 0 spiro atoms. The van der Waals surface area contributed by atoms with Gasteiger partial charge in [-0.3, -0.25) is 15.0 Å². The van der Waals surface area contributed by atoms with E-state index in [2.05, 4.69) is 33.3 Å². The molecule has 0 aromatic heterocycles. The molecule has 2 heterocycles. The van der Waals surface area contributed by atoms with Gasteiger partial charge in [-0.15, -0.1) is 0 Å². The second kappa shape index (κ2) is 10.9. The number of rotatable bonds is 6. The molecule has 0 bridgehead atoms. The van der Waals surface area contributed by atoms with Crippen molar-refractivity contribution in [2.75, 3.05) is 18.5 Å². The minimum absolute atomic E-state index is 0.321. The first-order valence-corrected chi connectivity index (χ1v) is 13.5. The van der Waals surface area contributed by atoms with Gasteiger partial charge in [0.1, 0.15) is 31.7 Å². The SMILES string of the molecule is O=C(NN1C(=O)c2cc(I)ccc2N[C@H]1c1ccc2c(c1)OCCO2)c1ccc(OCc2ccccc2)cc1. The molecule has 0 fully saturated rings. The van der Waals surface area contributed by atoms with E-state index in [0.29, 0.717) is 53.9 Å². The first-order valence-electron chi connectivity index (χ1n) is 12.4. The maximum absolute atomic E-state index is 13.7. The number of carbonyl (C=O) groups excluding carboxylic acids is 2. The van der Waals surface area contributed by atoms with Gasteiger partial charge in [-0.1, -0.05) is 36.4 Å². The van der Waals surface area contributed by atoms with Gasteiger partial charge >= 0.3 is 0 Å². The van der Waals surface area contributed by atoms with Gasteiger partial charge in [-0.2, -0.15) is 0 Å². The van der Waals surface area contributed by atoms with Crippen LogP contribution < -0.4 is 25.0 Å². The lowest BCUT2D eigenvalue weighted by molar-refractivity contribution is 0.0490. The third kappa shape index (κ3) is 5.35. The van der Waals surface area contributed by atoms with Crippen LogP contribution in [0.15, 0.2) is 91.0 Å². The molecule has 0 radical (unpaired) electrons. The van der Waals surface area contributed by atoms with E-state index in [9.17, 15) is 9.59 Å². The highest BCUT2D eigenvalue weighted by atomic mass is 127. The maximum atomic E-state index is 13.7. The predicted octanol–water partition coefficient (Wildman–Crippen LogP) is 5.55. The molecule has 196 valence electrons. The standard InChI is InChI=1S/C30H24IN3O5/c31-22-9-12-25-24(17-22)30(36)34(28(32-25)21-8-13-26-27(16-21)38-15-14-37-26)33-29(35)20-6-10-23(11-7-20)39-18-19-4-2-1-3-5-19/h1-13,16-17,28,32H,14-15,18H2,(H,33,35)/t28-/m1/s1. The van der Waals surface area contributed by atoms with Crippen molar-refractivity contribution in [3.8, 4) is 17.2 Å². The molecule has 0 unspecified atom stereocenters. The van der Waals surface area contributed by atoms with E-state index in [1.54, 1.807) is 30.3 Å². The number of hydrogen-bond donors (Lipinski definition) is 2. The van der Waals surface area contributed by atoms with Crippen LogP contribution in [0, 0.1) is 3.57 Å². The molecule has 2 aliphatic rings. The fraction of sp³-hybridized carbons (Fsp3) is 0.133. The molecule has 2 aliphatic heterocycles. The summed E-state index contributed by atoms with van der Waals surface area (Å²) in [5.41, 5.74) is 6.16. The molecule has 39 heavy (non-hydrogen) atoms. The third-order valence-corrected chi connectivity index (χ3v) is 7.12. The minimum Gasteiger partial charge on any atom is -0.489 e. The number of nitrogens with zero attached hydrogens (tertiary/aromatic N) is 1. The Kier molecular flexibility index (Phi) is 6.97. The van der Waals surface area contributed by atoms with Crippen LogP contribution in [0.4, 0.5) is 5.69 Å². The lowest BCUT2D eigenvalue weighted by Crippen LogP contribution is -2.52. The lowest BCUT2D eigenvalue weighted by atomic mass is 10.0. The van der Waals surface area contributed by atoms with Crippen molar-refractivity contribution in [3.05, 3.63) is 117 Å². The van der Waals surface area contributed by atoms with E-state index in [1.165, 1.54) is 5.01 Å². The Labute approximate surface area is 239 Å². The van der Waals surface area contributed by atoms with Crippen LogP contribution >= 0.6 is 22.6 Å². The number of anilines is 1. The Morgan fingerprint density at radius 3 is 2.51 bits per heavy atom. The third-order valence-electron chi connectivity index (χ3n) is 6.45. The minimum atomic E-state index is -0.668. The van der Waals surface area contributed by atoms with Gasteiger partial charge in [-0.05, 0) is 82.8 Å². The number of fused-ring (bicyclic) bond motifs is 2. The van der Waals surface area contributed by atoms with Crippen molar-refractivity contribution in [2.45, 2.75) is 12.8 Å². The van der Waals surface area contributed by atoms with Crippen molar-refractivity contribution < 1.29 is 23.8 Å². The van der Waals surface area contributed by atoms with E-state index in [4.69, 9.17) is 14.2 Å². The highest BCUT2D eigenvalue weighted by Crippen LogP contribution is 2.37. The van der Waals surface area contributed by atoms with Crippen LogP contribution in [0.3, 0.4) is 0 Å². The Bertz CT molecular complexity index is 1530. The topological polar surface area (TPSA) is 89.1 Å². The summed E-state index contributed by atoms with van der Waals surface area (Å²) in [6.07, 6.45) is -0.668. The number of benzene rings is 4. The van der Waals surface area contributed by atoms with E-state index in [0.717, 1.165) is 14.7 Å². The fourth-order valence-corrected chi connectivity index (χ4v) is 4.96. The largest absolute Gasteiger partial charge is 0.489 e. The molecule has 6 rings (SSSR count). The van der Waals surface area contributed by atoms with Crippen LogP contribution in [0.5, 0.6) is 17.2 Å². The number of hydrogen-bond acceptors (Lipinski definition) is 6. The highest BCUT2D eigenvalue weighted by molar-refractivity contribution is 14.1. The van der Waals surface area contributed by atoms with Crippen molar-refractivity contribution in [1.82, 2.24) is 10.4 Å². The Morgan fingerprint density at radius 1 is 0.949 bits per heavy atom. The number of amides is 2. The first-order chi connectivity index (χ1) is 19.0. The van der Waals surface area contributed by atoms with Crippen molar-refractivity contribution in [3.63, 3.8) is 0 Å². The van der Waals surface area contributed by atoms with Crippen LogP contribution in [0.1, 0.15) is 38.0 Å². The zero-order valence-corrected chi connectivity index (χ0v) is 22.9. The van der Waals surface area contributed by atoms with Gasteiger partial charge in [0.2, 0.25) is 0 Å². The second-order valence-corrected chi connectivity index (χ2v) is 10.3. The summed E-state index contributed by atoms with van der Waals surface area (Å²) in [5.74, 6) is 1.14. The molecule has 8 nitrogen and oxygen atoms in total. The zero-order valence-electron chi connectivity index (χ0n) is 20.7. The van der Waals surface area contributed by atoms with Crippen molar-refractivity contribution >= 4 is 40.1 Å². The normalized spacial score (nSPS) is 15.7. The molecule has 2 amide bonds. The molecule has 2 N–H and O–H groups in total. The van der Waals surface area contributed by atoms with E-state index in [1.807, 2.05) is 60.7 Å². The van der Waals surface area contributed by atoms with Gasteiger partial charge in [0, 0.05) is 20.4 Å². The Hall–Kier alpha value is -4.25. The summed E-state index contributed by atoms with van der Waals surface area (Å²) >= 11 is 2.16. The summed E-state index contributed by atoms with van der Waals surface area (Å²) < 4.78 is 18.2. The fourth-order valence-electron chi connectivity index (χ4n) is 4.47. The number of ether oxygens (including phenoxy) is 3. The average molecular weight is 633 g/mol. The molecule has 9 heteroatoms. The maximum Gasteiger partial charge on any atom is 0.276 e. The van der Waals surface area contributed by atoms with E-state index in [-0.39, 0.29) is 5.91 Å². The van der Waals surface area contributed by atoms with Gasteiger partial charge < -0.3 is 19.5 Å².